The molecule has 7 nitrogen and oxygen atoms in total. The minimum Gasteiger partial charge on any atom is -0.354 e. The first-order chi connectivity index (χ1) is 15.5. The van der Waals surface area contributed by atoms with Crippen LogP contribution in [0.1, 0.15) is 38.3 Å². The summed E-state index contributed by atoms with van der Waals surface area (Å²) >= 11 is 0. The summed E-state index contributed by atoms with van der Waals surface area (Å²) in [4.78, 5) is 28.0. The molecule has 0 saturated heterocycles. The molecule has 0 aliphatic rings. The molecule has 0 bridgehead atoms. The lowest BCUT2D eigenvalue weighted by Gasteiger charge is -2.33. The molecule has 2 aromatic carbocycles. The summed E-state index contributed by atoms with van der Waals surface area (Å²) in [5.41, 5.74) is 2.36. The van der Waals surface area contributed by atoms with Crippen LogP contribution < -0.4 is 9.62 Å². The molecular formula is C25H35N3O4S. The van der Waals surface area contributed by atoms with Crippen LogP contribution in [0.5, 0.6) is 0 Å². The normalized spacial score (nSPS) is 12.3. The monoisotopic (exact) mass is 473 g/mol. The van der Waals surface area contributed by atoms with Crippen molar-refractivity contribution in [2.45, 2.75) is 46.7 Å². The predicted octanol–water partition coefficient (Wildman–Crippen LogP) is 3.34. The minimum absolute atomic E-state index is 0.207. The van der Waals surface area contributed by atoms with Crippen LogP contribution in [-0.4, -0.2) is 50.5 Å². The lowest BCUT2D eigenvalue weighted by molar-refractivity contribution is -0.140. The second-order valence-corrected chi connectivity index (χ2v) is 10.6. The maximum atomic E-state index is 13.5. The van der Waals surface area contributed by atoms with Gasteiger partial charge in [0.1, 0.15) is 12.6 Å². The van der Waals surface area contributed by atoms with Crippen molar-refractivity contribution in [3.05, 3.63) is 65.7 Å². The number of rotatable bonds is 11. The van der Waals surface area contributed by atoms with Crippen molar-refractivity contribution in [1.29, 1.82) is 0 Å². The molecule has 1 atom stereocenters. The van der Waals surface area contributed by atoms with E-state index in [0.717, 1.165) is 21.7 Å². The summed E-state index contributed by atoms with van der Waals surface area (Å²) in [5.74, 6) is -0.403. The van der Waals surface area contributed by atoms with Gasteiger partial charge in [0.2, 0.25) is 21.8 Å². The molecule has 2 amide bonds. The molecule has 0 saturated carbocycles. The van der Waals surface area contributed by atoms with Crippen LogP contribution in [0.15, 0.2) is 54.6 Å². The van der Waals surface area contributed by atoms with E-state index in [0.29, 0.717) is 18.7 Å². The van der Waals surface area contributed by atoms with Gasteiger partial charge < -0.3 is 10.2 Å². The van der Waals surface area contributed by atoms with E-state index in [2.05, 4.69) is 5.32 Å². The fraction of sp³-hybridized carbons (Fsp3) is 0.440. The summed E-state index contributed by atoms with van der Waals surface area (Å²) in [6, 6.07) is 15.5. The Hall–Kier alpha value is -2.87. The van der Waals surface area contributed by atoms with E-state index in [4.69, 9.17) is 0 Å². The van der Waals surface area contributed by atoms with Crippen LogP contribution in [0.3, 0.4) is 0 Å². The summed E-state index contributed by atoms with van der Waals surface area (Å²) in [6.07, 6.45) is 1.48. The minimum atomic E-state index is -3.71. The lowest BCUT2D eigenvalue weighted by atomic mass is 10.1. The average molecular weight is 474 g/mol. The van der Waals surface area contributed by atoms with E-state index in [9.17, 15) is 18.0 Å². The van der Waals surface area contributed by atoms with Crippen molar-refractivity contribution < 1.29 is 18.0 Å². The van der Waals surface area contributed by atoms with Gasteiger partial charge in [-0.15, -0.1) is 0 Å². The number of carbonyl (C=O) groups is 2. The Kier molecular flexibility index (Phi) is 9.46. The number of anilines is 1. The van der Waals surface area contributed by atoms with E-state index in [1.54, 1.807) is 30.3 Å². The van der Waals surface area contributed by atoms with Gasteiger partial charge in [0, 0.05) is 13.1 Å². The van der Waals surface area contributed by atoms with Gasteiger partial charge in [-0.3, -0.25) is 13.9 Å². The lowest BCUT2D eigenvalue weighted by Crippen LogP contribution is -2.52. The molecule has 0 aliphatic carbocycles. The molecule has 8 heteroatoms. The molecule has 0 fully saturated rings. The number of para-hydroxylation sites is 1. The Morgan fingerprint density at radius 1 is 1.00 bits per heavy atom. The molecule has 180 valence electrons. The summed E-state index contributed by atoms with van der Waals surface area (Å²) in [7, 11) is -3.71. The van der Waals surface area contributed by atoms with Gasteiger partial charge in [0.15, 0.2) is 0 Å². The smallest absolute Gasteiger partial charge is 0.244 e. The number of aryl methyl sites for hydroxylation is 1. The van der Waals surface area contributed by atoms with E-state index in [1.165, 1.54) is 4.90 Å². The molecule has 2 aromatic rings. The molecule has 0 aromatic heterocycles. The first-order valence-electron chi connectivity index (χ1n) is 11.2. The van der Waals surface area contributed by atoms with Crippen LogP contribution in [0.2, 0.25) is 0 Å². The number of hydrogen-bond acceptors (Lipinski definition) is 4. The SMILES string of the molecule is CC[C@H](C(=O)NCC(C)C)N(Cc1ccc(C)cc1)C(=O)CN(c1ccccc1)S(C)(=O)=O. The Balaban J connectivity index is 2.38. The van der Waals surface area contributed by atoms with Gasteiger partial charge in [-0.25, -0.2) is 8.42 Å². The molecule has 0 unspecified atom stereocenters. The zero-order valence-electron chi connectivity index (χ0n) is 20.1. The highest BCUT2D eigenvalue weighted by Gasteiger charge is 2.31. The maximum absolute atomic E-state index is 13.5. The zero-order chi connectivity index (χ0) is 24.6. The van der Waals surface area contributed by atoms with Crippen molar-refractivity contribution >= 4 is 27.5 Å². The third-order valence-electron chi connectivity index (χ3n) is 5.27. The third kappa shape index (κ3) is 7.89. The van der Waals surface area contributed by atoms with Crippen LogP contribution in [0, 0.1) is 12.8 Å². The summed E-state index contributed by atoms with van der Waals surface area (Å²) in [5, 5.41) is 2.91. The molecule has 33 heavy (non-hydrogen) atoms. The maximum Gasteiger partial charge on any atom is 0.244 e. The molecule has 0 heterocycles. The van der Waals surface area contributed by atoms with Gasteiger partial charge in [-0.05, 0) is 37.0 Å². The number of benzene rings is 2. The Morgan fingerprint density at radius 3 is 2.12 bits per heavy atom. The molecular weight excluding hydrogens is 438 g/mol. The van der Waals surface area contributed by atoms with Crippen molar-refractivity contribution in [2.75, 3.05) is 23.7 Å². The number of hydrogen-bond donors (Lipinski definition) is 1. The highest BCUT2D eigenvalue weighted by atomic mass is 32.2. The molecule has 0 spiro atoms. The number of nitrogens with zero attached hydrogens (tertiary/aromatic N) is 2. The van der Waals surface area contributed by atoms with Crippen molar-refractivity contribution in [3.8, 4) is 0 Å². The van der Waals surface area contributed by atoms with Gasteiger partial charge in [-0.2, -0.15) is 0 Å². The van der Waals surface area contributed by atoms with E-state index < -0.39 is 22.0 Å². The van der Waals surface area contributed by atoms with Gasteiger partial charge in [0.05, 0.1) is 11.9 Å². The highest BCUT2D eigenvalue weighted by Crippen LogP contribution is 2.19. The summed E-state index contributed by atoms with van der Waals surface area (Å²) in [6.45, 7) is 8.15. The number of amides is 2. The number of sulfonamides is 1. The van der Waals surface area contributed by atoms with Crippen LogP contribution in [0.25, 0.3) is 0 Å². The standard InChI is InChI=1S/C25H35N3O4S/c1-6-23(25(30)26-16-19(2)3)27(17-21-14-12-20(4)13-15-21)24(29)18-28(33(5,31)32)22-10-8-7-9-11-22/h7-15,19,23H,6,16-18H2,1-5H3,(H,26,30)/t23-/m1/s1. The first kappa shape index (κ1) is 26.4. The van der Waals surface area contributed by atoms with Crippen molar-refractivity contribution in [2.24, 2.45) is 5.92 Å². The Morgan fingerprint density at radius 2 is 1.61 bits per heavy atom. The predicted molar refractivity (Wildman–Crippen MR) is 132 cm³/mol. The number of carbonyl (C=O) groups excluding carboxylic acids is 2. The van der Waals surface area contributed by atoms with Crippen LogP contribution in [0.4, 0.5) is 5.69 Å². The van der Waals surface area contributed by atoms with Crippen molar-refractivity contribution in [3.63, 3.8) is 0 Å². The van der Waals surface area contributed by atoms with Crippen molar-refractivity contribution in [1.82, 2.24) is 10.2 Å². The second-order valence-electron chi connectivity index (χ2n) is 8.68. The fourth-order valence-electron chi connectivity index (χ4n) is 3.44. The first-order valence-corrected chi connectivity index (χ1v) is 13.0. The van der Waals surface area contributed by atoms with Gasteiger partial charge >= 0.3 is 0 Å². The molecule has 2 rings (SSSR count). The second kappa shape index (κ2) is 11.8. The zero-order valence-corrected chi connectivity index (χ0v) is 20.9. The molecule has 0 aliphatic heterocycles. The average Bonchev–Trinajstić information content (AvgIpc) is 2.76. The van der Waals surface area contributed by atoms with Gasteiger partial charge in [-0.1, -0.05) is 68.8 Å². The number of nitrogens with one attached hydrogen (secondary N) is 1. The van der Waals surface area contributed by atoms with E-state index >= 15 is 0 Å². The van der Waals surface area contributed by atoms with Crippen LogP contribution >= 0.6 is 0 Å². The Labute approximate surface area is 197 Å². The fourth-order valence-corrected chi connectivity index (χ4v) is 4.29. The molecule has 1 N–H and O–H groups in total. The van der Waals surface area contributed by atoms with Crippen LogP contribution in [-0.2, 0) is 26.2 Å². The highest BCUT2D eigenvalue weighted by molar-refractivity contribution is 7.92. The van der Waals surface area contributed by atoms with E-state index in [1.807, 2.05) is 52.0 Å². The topological polar surface area (TPSA) is 86.8 Å². The molecule has 0 radical (unpaired) electrons. The largest absolute Gasteiger partial charge is 0.354 e. The summed E-state index contributed by atoms with van der Waals surface area (Å²) < 4.78 is 26.1. The Bertz CT molecular complexity index is 1020. The van der Waals surface area contributed by atoms with E-state index in [-0.39, 0.29) is 24.9 Å². The third-order valence-corrected chi connectivity index (χ3v) is 6.41. The van der Waals surface area contributed by atoms with Gasteiger partial charge in [0.25, 0.3) is 0 Å². The quantitative estimate of drug-likeness (QED) is 0.542.